The predicted octanol–water partition coefficient (Wildman–Crippen LogP) is 2.67. The fraction of sp³-hybridized carbons (Fsp3) is 0. The smallest absolute Gasteiger partial charge is 0.137 e. The normalized spacial score (nSPS) is 10.8. The summed E-state index contributed by atoms with van der Waals surface area (Å²) in [5.41, 5.74) is 2.57. The lowest BCUT2D eigenvalue weighted by Gasteiger charge is -2.00. The molecule has 0 aromatic carbocycles. The number of hydrogen-bond donors (Lipinski definition) is 1. The SMILES string of the molecule is Clc1cc(-c2cnc3[nH]ccc3c2)ncn1. The van der Waals surface area contributed by atoms with E-state index in [-0.39, 0.29) is 0 Å². The van der Waals surface area contributed by atoms with Gasteiger partial charge >= 0.3 is 0 Å². The predicted molar refractivity (Wildman–Crippen MR) is 62.1 cm³/mol. The van der Waals surface area contributed by atoms with Gasteiger partial charge in [-0.15, -0.1) is 0 Å². The molecule has 3 aromatic heterocycles. The van der Waals surface area contributed by atoms with E-state index in [1.54, 1.807) is 12.3 Å². The van der Waals surface area contributed by atoms with Crippen molar-refractivity contribution in [3.8, 4) is 11.3 Å². The van der Waals surface area contributed by atoms with Crippen LogP contribution in [0.4, 0.5) is 0 Å². The third kappa shape index (κ3) is 1.53. The van der Waals surface area contributed by atoms with Gasteiger partial charge in [0.15, 0.2) is 0 Å². The maximum atomic E-state index is 5.81. The van der Waals surface area contributed by atoms with Crippen molar-refractivity contribution in [3.05, 3.63) is 42.1 Å². The summed E-state index contributed by atoms with van der Waals surface area (Å²) in [7, 11) is 0. The lowest BCUT2D eigenvalue weighted by molar-refractivity contribution is 1.17. The summed E-state index contributed by atoms with van der Waals surface area (Å²) in [6, 6.07) is 5.70. The molecule has 78 valence electrons. The molecule has 3 aromatic rings. The molecular formula is C11H7ClN4. The molecule has 0 fully saturated rings. The van der Waals surface area contributed by atoms with E-state index in [1.165, 1.54) is 6.33 Å². The highest BCUT2D eigenvalue weighted by Gasteiger charge is 2.03. The highest BCUT2D eigenvalue weighted by Crippen LogP contribution is 2.21. The molecule has 0 saturated heterocycles. The second-order valence-electron chi connectivity index (χ2n) is 3.37. The van der Waals surface area contributed by atoms with E-state index in [2.05, 4.69) is 19.9 Å². The van der Waals surface area contributed by atoms with Crippen LogP contribution < -0.4 is 0 Å². The number of pyridine rings is 1. The molecule has 0 unspecified atom stereocenters. The molecule has 0 radical (unpaired) electrons. The van der Waals surface area contributed by atoms with Crippen LogP contribution in [0.5, 0.6) is 0 Å². The summed E-state index contributed by atoms with van der Waals surface area (Å²) in [5, 5.41) is 1.48. The van der Waals surface area contributed by atoms with Gasteiger partial charge in [-0.1, -0.05) is 11.6 Å². The molecule has 3 rings (SSSR count). The first-order valence-corrected chi connectivity index (χ1v) is 5.12. The Morgan fingerprint density at radius 3 is 2.94 bits per heavy atom. The van der Waals surface area contributed by atoms with E-state index in [0.29, 0.717) is 5.15 Å². The number of rotatable bonds is 1. The molecule has 0 aliphatic carbocycles. The molecule has 0 amide bonds. The van der Waals surface area contributed by atoms with E-state index in [9.17, 15) is 0 Å². The maximum absolute atomic E-state index is 5.81. The average molecular weight is 231 g/mol. The van der Waals surface area contributed by atoms with Crippen molar-refractivity contribution >= 4 is 22.6 Å². The van der Waals surface area contributed by atoms with Crippen molar-refractivity contribution in [2.45, 2.75) is 0 Å². The largest absolute Gasteiger partial charge is 0.346 e. The molecule has 4 nitrogen and oxygen atoms in total. The van der Waals surface area contributed by atoms with Gasteiger partial charge in [-0.05, 0) is 12.1 Å². The van der Waals surface area contributed by atoms with Gasteiger partial charge < -0.3 is 4.98 Å². The number of aromatic amines is 1. The Morgan fingerprint density at radius 2 is 2.06 bits per heavy atom. The molecule has 0 saturated carbocycles. The summed E-state index contributed by atoms with van der Waals surface area (Å²) in [5.74, 6) is 0. The minimum Gasteiger partial charge on any atom is -0.346 e. The Morgan fingerprint density at radius 1 is 1.12 bits per heavy atom. The molecule has 0 spiro atoms. The first kappa shape index (κ1) is 9.30. The molecule has 0 bridgehead atoms. The topological polar surface area (TPSA) is 54.5 Å². The Balaban J connectivity index is 2.18. The van der Waals surface area contributed by atoms with Crippen molar-refractivity contribution in [3.63, 3.8) is 0 Å². The minimum atomic E-state index is 0.430. The van der Waals surface area contributed by atoms with Gasteiger partial charge in [0.1, 0.15) is 17.1 Å². The van der Waals surface area contributed by atoms with Gasteiger partial charge in [0.25, 0.3) is 0 Å². The highest BCUT2D eigenvalue weighted by molar-refractivity contribution is 6.29. The van der Waals surface area contributed by atoms with Crippen molar-refractivity contribution in [1.82, 2.24) is 19.9 Å². The molecule has 5 heteroatoms. The number of aromatic nitrogens is 4. The fourth-order valence-corrected chi connectivity index (χ4v) is 1.72. The monoisotopic (exact) mass is 230 g/mol. The Hall–Kier alpha value is -1.94. The van der Waals surface area contributed by atoms with E-state index < -0.39 is 0 Å². The second-order valence-corrected chi connectivity index (χ2v) is 3.75. The van der Waals surface area contributed by atoms with Crippen molar-refractivity contribution < 1.29 is 0 Å². The standard InChI is InChI=1S/C11H7ClN4/c12-10-4-9(15-6-16-10)8-3-7-1-2-13-11(7)14-5-8/h1-6H,(H,13,14). The number of nitrogens with one attached hydrogen (secondary N) is 1. The van der Waals surface area contributed by atoms with Crippen molar-refractivity contribution in [2.24, 2.45) is 0 Å². The number of fused-ring (bicyclic) bond motifs is 1. The molecule has 0 atom stereocenters. The lowest BCUT2D eigenvalue weighted by atomic mass is 10.2. The van der Waals surface area contributed by atoms with Crippen LogP contribution in [-0.2, 0) is 0 Å². The van der Waals surface area contributed by atoms with Crippen LogP contribution in [0.1, 0.15) is 0 Å². The third-order valence-corrected chi connectivity index (χ3v) is 2.54. The van der Waals surface area contributed by atoms with Gasteiger partial charge in [-0.25, -0.2) is 15.0 Å². The van der Waals surface area contributed by atoms with Gasteiger partial charge in [0.05, 0.1) is 5.69 Å². The molecule has 0 aliphatic rings. The Kier molecular flexibility index (Phi) is 2.08. The Labute approximate surface area is 96.3 Å². The Bertz CT molecular complexity index is 647. The third-order valence-electron chi connectivity index (χ3n) is 2.33. The summed E-state index contributed by atoms with van der Waals surface area (Å²) in [4.78, 5) is 15.3. The zero-order valence-corrected chi connectivity index (χ0v) is 8.94. The molecular weight excluding hydrogens is 224 g/mol. The second kappa shape index (κ2) is 3.57. The average Bonchev–Trinajstić information content (AvgIpc) is 2.75. The maximum Gasteiger partial charge on any atom is 0.137 e. The zero-order valence-electron chi connectivity index (χ0n) is 8.18. The van der Waals surface area contributed by atoms with Crippen LogP contribution in [0.25, 0.3) is 22.3 Å². The van der Waals surface area contributed by atoms with Gasteiger partial charge in [-0.3, -0.25) is 0 Å². The van der Waals surface area contributed by atoms with Crippen LogP contribution in [0.2, 0.25) is 5.15 Å². The summed E-state index contributed by atoms with van der Waals surface area (Å²) >= 11 is 5.81. The van der Waals surface area contributed by atoms with E-state index in [0.717, 1.165) is 22.3 Å². The van der Waals surface area contributed by atoms with Crippen LogP contribution in [-0.4, -0.2) is 19.9 Å². The summed E-state index contributed by atoms with van der Waals surface area (Å²) in [6.07, 6.45) is 5.06. The first-order chi connectivity index (χ1) is 7.83. The number of nitrogens with zero attached hydrogens (tertiary/aromatic N) is 3. The molecule has 16 heavy (non-hydrogen) atoms. The van der Waals surface area contributed by atoms with Crippen LogP contribution >= 0.6 is 11.6 Å². The lowest BCUT2D eigenvalue weighted by Crippen LogP contribution is -1.86. The molecule has 0 aliphatic heterocycles. The summed E-state index contributed by atoms with van der Waals surface area (Å²) < 4.78 is 0. The quantitative estimate of drug-likeness (QED) is 0.654. The van der Waals surface area contributed by atoms with Crippen LogP contribution in [0, 0.1) is 0 Å². The number of hydrogen-bond acceptors (Lipinski definition) is 3. The number of H-pyrrole nitrogens is 1. The highest BCUT2D eigenvalue weighted by atomic mass is 35.5. The van der Waals surface area contributed by atoms with Crippen LogP contribution in [0.3, 0.4) is 0 Å². The summed E-state index contributed by atoms with van der Waals surface area (Å²) in [6.45, 7) is 0. The molecule has 1 N–H and O–H groups in total. The fourth-order valence-electron chi connectivity index (χ4n) is 1.57. The zero-order chi connectivity index (χ0) is 11.0. The molecule has 3 heterocycles. The van der Waals surface area contributed by atoms with Gasteiger partial charge in [0, 0.05) is 29.4 Å². The minimum absolute atomic E-state index is 0.430. The van der Waals surface area contributed by atoms with Crippen molar-refractivity contribution in [1.29, 1.82) is 0 Å². The van der Waals surface area contributed by atoms with Crippen LogP contribution in [0.15, 0.2) is 36.9 Å². The van der Waals surface area contributed by atoms with Gasteiger partial charge in [-0.2, -0.15) is 0 Å². The van der Waals surface area contributed by atoms with E-state index in [4.69, 9.17) is 11.6 Å². The van der Waals surface area contributed by atoms with E-state index >= 15 is 0 Å². The van der Waals surface area contributed by atoms with Gasteiger partial charge in [0.2, 0.25) is 0 Å². The number of halogens is 1. The van der Waals surface area contributed by atoms with E-state index in [1.807, 2.05) is 18.3 Å². The first-order valence-electron chi connectivity index (χ1n) is 4.74. The van der Waals surface area contributed by atoms with Crippen molar-refractivity contribution in [2.75, 3.05) is 0 Å².